The molecule has 1 amide bonds. The van der Waals surface area contributed by atoms with E-state index in [0.717, 1.165) is 11.1 Å². The molecule has 0 fully saturated rings. The number of carbonyl (C=O) groups is 2. The Balaban J connectivity index is 2.11. The van der Waals surface area contributed by atoms with Gasteiger partial charge in [-0.1, -0.05) is 36.4 Å². The highest BCUT2D eigenvalue weighted by molar-refractivity contribution is 5.91. The first-order chi connectivity index (χ1) is 10.9. The number of benzene rings is 2. The van der Waals surface area contributed by atoms with Crippen molar-refractivity contribution >= 4 is 11.9 Å². The average Bonchev–Trinajstić information content (AvgIpc) is 2.50. The van der Waals surface area contributed by atoms with E-state index in [1.54, 1.807) is 18.2 Å². The van der Waals surface area contributed by atoms with E-state index < -0.39 is 5.97 Å². The Morgan fingerprint density at radius 3 is 2.48 bits per heavy atom. The number of rotatable bonds is 5. The van der Waals surface area contributed by atoms with Gasteiger partial charge in [0.15, 0.2) is 0 Å². The number of hydrogen-bond acceptors (Lipinski definition) is 2. The summed E-state index contributed by atoms with van der Waals surface area (Å²) in [5.74, 6) is -1.21. The molecule has 2 aromatic carbocycles. The molecule has 0 aliphatic heterocycles. The number of carboxylic acid groups (broad SMARTS) is 1. The van der Waals surface area contributed by atoms with Gasteiger partial charge in [-0.2, -0.15) is 0 Å². The van der Waals surface area contributed by atoms with Gasteiger partial charge in [0.05, 0.1) is 18.0 Å². The van der Waals surface area contributed by atoms with Gasteiger partial charge >= 0.3 is 5.97 Å². The molecule has 0 saturated heterocycles. The second-order valence-electron chi connectivity index (χ2n) is 5.72. The Bertz CT molecular complexity index is 737. The third kappa shape index (κ3) is 3.97. The maximum absolute atomic E-state index is 12.3. The van der Waals surface area contributed by atoms with Crippen molar-refractivity contribution < 1.29 is 14.7 Å². The number of amides is 1. The zero-order valence-electron chi connectivity index (χ0n) is 13.6. The molecule has 23 heavy (non-hydrogen) atoms. The molecular weight excluding hydrogens is 290 g/mol. The van der Waals surface area contributed by atoms with E-state index in [9.17, 15) is 14.7 Å². The number of aryl methyl sites for hydroxylation is 1. The van der Waals surface area contributed by atoms with Crippen molar-refractivity contribution in [2.24, 2.45) is 0 Å². The second kappa shape index (κ2) is 7.09. The van der Waals surface area contributed by atoms with Crippen LogP contribution in [-0.2, 0) is 11.2 Å². The van der Waals surface area contributed by atoms with E-state index in [2.05, 4.69) is 5.32 Å². The standard InChI is InChI=1S/C19H21NO3/c1-12-7-6-10-16(13(12)2)14(3)20-18(21)11-15-8-4-5-9-17(15)19(22)23/h4-10,14H,11H2,1-3H3,(H,20,21)(H,22,23). The smallest absolute Gasteiger partial charge is 0.335 e. The van der Waals surface area contributed by atoms with Crippen molar-refractivity contribution in [2.75, 3.05) is 0 Å². The molecule has 0 spiro atoms. The lowest BCUT2D eigenvalue weighted by Gasteiger charge is -2.18. The minimum Gasteiger partial charge on any atom is -0.478 e. The third-order valence-electron chi connectivity index (χ3n) is 4.09. The zero-order chi connectivity index (χ0) is 17.0. The maximum Gasteiger partial charge on any atom is 0.335 e. The van der Waals surface area contributed by atoms with Crippen molar-refractivity contribution in [1.82, 2.24) is 5.32 Å². The van der Waals surface area contributed by atoms with Crippen molar-refractivity contribution in [2.45, 2.75) is 33.2 Å². The van der Waals surface area contributed by atoms with Crippen LogP contribution in [0.25, 0.3) is 0 Å². The van der Waals surface area contributed by atoms with Gasteiger partial charge in [-0.3, -0.25) is 4.79 Å². The van der Waals surface area contributed by atoms with Crippen LogP contribution < -0.4 is 5.32 Å². The minimum absolute atomic E-state index is 0.0533. The maximum atomic E-state index is 12.3. The van der Waals surface area contributed by atoms with E-state index in [1.165, 1.54) is 11.6 Å². The third-order valence-corrected chi connectivity index (χ3v) is 4.09. The van der Waals surface area contributed by atoms with Crippen molar-refractivity contribution in [1.29, 1.82) is 0 Å². The minimum atomic E-state index is -1.02. The van der Waals surface area contributed by atoms with Crippen molar-refractivity contribution in [3.63, 3.8) is 0 Å². The molecule has 0 saturated carbocycles. The van der Waals surface area contributed by atoms with Gasteiger partial charge in [-0.05, 0) is 49.1 Å². The lowest BCUT2D eigenvalue weighted by Crippen LogP contribution is -2.29. The molecule has 0 bridgehead atoms. The number of carboxylic acids is 1. The fraction of sp³-hybridized carbons (Fsp3) is 0.263. The molecule has 4 heteroatoms. The molecule has 0 aromatic heterocycles. The van der Waals surface area contributed by atoms with Crippen LogP contribution in [0.15, 0.2) is 42.5 Å². The summed E-state index contributed by atoms with van der Waals surface area (Å²) >= 11 is 0. The van der Waals surface area contributed by atoms with Crippen LogP contribution in [0.3, 0.4) is 0 Å². The molecule has 0 aliphatic rings. The highest BCUT2D eigenvalue weighted by atomic mass is 16.4. The molecule has 2 aromatic rings. The molecule has 1 unspecified atom stereocenters. The van der Waals surface area contributed by atoms with E-state index in [0.29, 0.717) is 5.56 Å². The number of aromatic carboxylic acids is 1. The number of nitrogens with one attached hydrogen (secondary N) is 1. The molecule has 0 aliphatic carbocycles. The van der Waals surface area contributed by atoms with Gasteiger partial charge in [0.1, 0.15) is 0 Å². The summed E-state index contributed by atoms with van der Waals surface area (Å²) in [5.41, 5.74) is 4.10. The normalized spacial score (nSPS) is 11.8. The summed E-state index contributed by atoms with van der Waals surface area (Å²) < 4.78 is 0. The fourth-order valence-electron chi connectivity index (χ4n) is 2.67. The molecule has 120 valence electrons. The van der Waals surface area contributed by atoms with Crippen molar-refractivity contribution in [3.8, 4) is 0 Å². The predicted octanol–water partition coefficient (Wildman–Crippen LogP) is 3.42. The summed E-state index contributed by atoms with van der Waals surface area (Å²) in [6, 6.07) is 12.5. The van der Waals surface area contributed by atoms with E-state index >= 15 is 0 Å². The van der Waals surface area contributed by atoms with Crippen LogP contribution in [0.4, 0.5) is 0 Å². The highest BCUT2D eigenvalue weighted by Crippen LogP contribution is 2.20. The molecule has 0 heterocycles. The van der Waals surface area contributed by atoms with Crippen LogP contribution >= 0.6 is 0 Å². The molecule has 0 radical (unpaired) electrons. The first-order valence-corrected chi connectivity index (χ1v) is 7.57. The summed E-state index contributed by atoms with van der Waals surface area (Å²) in [6.45, 7) is 6.01. The van der Waals surface area contributed by atoms with E-state index in [-0.39, 0.29) is 23.9 Å². The van der Waals surface area contributed by atoms with Crippen LogP contribution in [0.5, 0.6) is 0 Å². The summed E-state index contributed by atoms with van der Waals surface area (Å²) in [6.07, 6.45) is 0.0533. The Morgan fingerprint density at radius 1 is 1.09 bits per heavy atom. The Kier molecular flexibility index (Phi) is 5.16. The van der Waals surface area contributed by atoms with Crippen molar-refractivity contribution in [3.05, 3.63) is 70.3 Å². The highest BCUT2D eigenvalue weighted by Gasteiger charge is 2.16. The van der Waals surface area contributed by atoms with E-state index in [4.69, 9.17) is 0 Å². The van der Waals surface area contributed by atoms with E-state index in [1.807, 2.05) is 39.0 Å². The lowest BCUT2D eigenvalue weighted by molar-refractivity contribution is -0.121. The van der Waals surface area contributed by atoms with Gasteiger partial charge in [-0.15, -0.1) is 0 Å². The van der Waals surface area contributed by atoms with Gasteiger partial charge in [-0.25, -0.2) is 4.79 Å². The number of carbonyl (C=O) groups excluding carboxylic acids is 1. The molecule has 4 nitrogen and oxygen atoms in total. The summed E-state index contributed by atoms with van der Waals surface area (Å²) in [4.78, 5) is 23.5. The molecule has 1 atom stereocenters. The van der Waals surface area contributed by atoms with Crippen LogP contribution in [0.1, 0.15) is 45.6 Å². The Labute approximate surface area is 136 Å². The second-order valence-corrected chi connectivity index (χ2v) is 5.72. The van der Waals surface area contributed by atoms with Crippen LogP contribution in [0, 0.1) is 13.8 Å². The Morgan fingerprint density at radius 2 is 1.78 bits per heavy atom. The topological polar surface area (TPSA) is 66.4 Å². The summed E-state index contributed by atoms with van der Waals surface area (Å²) in [7, 11) is 0. The SMILES string of the molecule is Cc1cccc(C(C)NC(=O)Cc2ccccc2C(=O)O)c1C. The predicted molar refractivity (Wildman–Crippen MR) is 89.6 cm³/mol. The first kappa shape index (κ1) is 16.7. The zero-order valence-corrected chi connectivity index (χ0v) is 13.6. The first-order valence-electron chi connectivity index (χ1n) is 7.57. The van der Waals surface area contributed by atoms with Gasteiger partial charge in [0, 0.05) is 0 Å². The van der Waals surface area contributed by atoms with Crippen LogP contribution in [0.2, 0.25) is 0 Å². The largest absolute Gasteiger partial charge is 0.478 e. The van der Waals surface area contributed by atoms with Gasteiger partial charge < -0.3 is 10.4 Å². The monoisotopic (exact) mass is 311 g/mol. The summed E-state index contributed by atoms with van der Waals surface area (Å²) in [5, 5.41) is 12.1. The van der Waals surface area contributed by atoms with Crippen LogP contribution in [-0.4, -0.2) is 17.0 Å². The van der Waals surface area contributed by atoms with Gasteiger partial charge in [0.25, 0.3) is 0 Å². The quantitative estimate of drug-likeness (QED) is 0.889. The number of hydrogen-bond donors (Lipinski definition) is 2. The fourth-order valence-corrected chi connectivity index (χ4v) is 2.67. The molecule has 2 N–H and O–H groups in total. The molecule has 2 rings (SSSR count). The van der Waals surface area contributed by atoms with Gasteiger partial charge in [0.2, 0.25) is 5.91 Å². The average molecular weight is 311 g/mol. The Hall–Kier alpha value is -2.62. The molecular formula is C19H21NO3. The lowest BCUT2D eigenvalue weighted by atomic mass is 9.98.